The van der Waals surface area contributed by atoms with E-state index in [1.165, 1.54) is 6.07 Å². The van der Waals surface area contributed by atoms with Crippen LogP contribution in [0.1, 0.15) is 11.1 Å². The number of aryl methyl sites for hydroxylation is 1. The van der Waals surface area contributed by atoms with Gasteiger partial charge in [0.1, 0.15) is 5.82 Å². The highest BCUT2D eigenvalue weighted by molar-refractivity contribution is 5.62. The Morgan fingerprint density at radius 3 is 2.54 bits per heavy atom. The monoisotopic (exact) mass is 332 g/mol. The molecular formula is C17H15F3N4. The maximum absolute atomic E-state index is 12.5. The van der Waals surface area contributed by atoms with Crippen molar-refractivity contribution >= 4 is 5.82 Å². The van der Waals surface area contributed by atoms with Gasteiger partial charge in [0.05, 0.1) is 11.8 Å². The predicted octanol–water partition coefficient (Wildman–Crippen LogP) is 4.11. The lowest BCUT2D eigenvalue weighted by Crippen LogP contribution is -2.07. The van der Waals surface area contributed by atoms with Gasteiger partial charge in [-0.05, 0) is 29.3 Å². The Labute approximate surface area is 137 Å². The zero-order valence-electron chi connectivity index (χ0n) is 12.9. The molecule has 0 saturated carbocycles. The highest BCUT2D eigenvalue weighted by Crippen LogP contribution is 2.29. The van der Waals surface area contributed by atoms with Crippen LogP contribution in [0.3, 0.4) is 0 Å². The third-order valence-electron chi connectivity index (χ3n) is 3.53. The van der Waals surface area contributed by atoms with Gasteiger partial charge < -0.3 is 5.32 Å². The van der Waals surface area contributed by atoms with Crippen LogP contribution in [0.25, 0.3) is 11.1 Å². The van der Waals surface area contributed by atoms with Crippen LogP contribution in [0, 0.1) is 0 Å². The smallest absolute Gasteiger partial charge is 0.366 e. The van der Waals surface area contributed by atoms with E-state index in [1.807, 2.05) is 37.5 Å². The lowest BCUT2D eigenvalue weighted by atomic mass is 10.1. The fraction of sp³-hybridized carbons (Fsp3) is 0.176. The van der Waals surface area contributed by atoms with Crippen LogP contribution in [0.2, 0.25) is 0 Å². The summed E-state index contributed by atoms with van der Waals surface area (Å²) >= 11 is 0. The molecular weight excluding hydrogens is 317 g/mol. The van der Waals surface area contributed by atoms with E-state index in [0.717, 1.165) is 29.0 Å². The summed E-state index contributed by atoms with van der Waals surface area (Å²) in [6.07, 6.45) is 0.159. The first kappa shape index (κ1) is 16.0. The van der Waals surface area contributed by atoms with E-state index in [-0.39, 0.29) is 0 Å². The van der Waals surface area contributed by atoms with Crippen molar-refractivity contribution in [3.05, 3.63) is 66.1 Å². The fourth-order valence-electron chi connectivity index (χ4n) is 2.29. The molecule has 1 N–H and O–H groups in total. The van der Waals surface area contributed by atoms with Gasteiger partial charge in [0.25, 0.3) is 0 Å². The van der Waals surface area contributed by atoms with E-state index < -0.39 is 11.7 Å². The number of hydrogen-bond donors (Lipinski definition) is 1. The minimum atomic E-state index is -4.37. The zero-order chi connectivity index (χ0) is 17.2. The molecule has 7 heteroatoms. The van der Waals surface area contributed by atoms with E-state index in [4.69, 9.17) is 0 Å². The Kier molecular flexibility index (Phi) is 4.24. The number of benzene rings is 1. The van der Waals surface area contributed by atoms with Crippen LogP contribution in [0.5, 0.6) is 0 Å². The van der Waals surface area contributed by atoms with E-state index >= 15 is 0 Å². The number of halogens is 3. The van der Waals surface area contributed by atoms with E-state index in [9.17, 15) is 13.2 Å². The van der Waals surface area contributed by atoms with Crippen LogP contribution in [-0.2, 0) is 19.8 Å². The molecule has 124 valence electrons. The summed E-state index contributed by atoms with van der Waals surface area (Å²) in [5, 5.41) is 7.17. The second kappa shape index (κ2) is 6.35. The summed E-state index contributed by atoms with van der Waals surface area (Å²) in [4.78, 5) is 3.80. The molecule has 0 aliphatic carbocycles. The number of nitrogens with zero attached hydrogens (tertiary/aromatic N) is 3. The van der Waals surface area contributed by atoms with Crippen molar-refractivity contribution < 1.29 is 13.2 Å². The second-order valence-electron chi connectivity index (χ2n) is 5.39. The Bertz CT molecular complexity index is 822. The van der Waals surface area contributed by atoms with E-state index in [2.05, 4.69) is 15.4 Å². The maximum atomic E-state index is 12.5. The normalized spacial score (nSPS) is 11.5. The molecule has 0 atom stereocenters. The quantitative estimate of drug-likeness (QED) is 0.782. The Hall–Kier alpha value is -2.83. The Morgan fingerprint density at radius 1 is 1.08 bits per heavy atom. The number of hydrogen-bond acceptors (Lipinski definition) is 3. The molecule has 4 nitrogen and oxygen atoms in total. The van der Waals surface area contributed by atoms with Crippen molar-refractivity contribution in [1.82, 2.24) is 14.8 Å². The number of nitrogens with one attached hydrogen (secondary N) is 1. The molecule has 0 bridgehead atoms. The summed E-state index contributed by atoms with van der Waals surface area (Å²) in [6, 6.07) is 10.2. The minimum Gasteiger partial charge on any atom is -0.366 e. The highest BCUT2D eigenvalue weighted by Gasteiger charge is 2.30. The first-order valence-corrected chi connectivity index (χ1v) is 7.27. The molecule has 1 aromatic carbocycles. The molecule has 2 heterocycles. The zero-order valence-corrected chi connectivity index (χ0v) is 12.9. The molecule has 0 spiro atoms. The molecule has 0 unspecified atom stereocenters. The SMILES string of the molecule is Cn1cc(-c2cccc(CNc3ccc(C(F)(F)F)cn3)c2)cn1. The van der Waals surface area contributed by atoms with Crippen molar-refractivity contribution in [3.63, 3.8) is 0 Å². The number of aromatic nitrogens is 3. The van der Waals surface area contributed by atoms with Gasteiger partial charge in [0.2, 0.25) is 0 Å². The highest BCUT2D eigenvalue weighted by atomic mass is 19.4. The van der Waals surface area contributed by atoms with Crippen LogP contribution in [0.4, 0.5) is 19.0 Å². The molecule has 3 aromatic rings. The van der Waals surface area contributed by atoms with Crippen LogP contribution < -0.4 is 5.32 Å². The number of anilines is 1. The first-order chi connectivity index (χ1) is 11.4. The average Bonchev–Trinajstić information content (AvgIpc) is 2.99. The Balaban J connectivity index is 1.69. The van der Waals surface area contributed by atoms with Gasteiger partial charge in [-0.1, -0.05) is 18.2 Å². The molecule has 0 aliphatic heterocycles. The summed E-state index contributed by atoms with van der Waals surface area (Å²) in [7, 11) is 1.85. The molecule has 0 saturated heterocycles. The van der Waals surface area contributed by atoms with Crippen molar-refractivity contribution in [3.8, 4) is 11.1 Å². The largest absolute Gasteiger partial charge is 0.417 e. The number of alkyl halides is 3. The molecule has 24 heavy (non-hydrogen) atoms. The second-order valence-corrected chi connectivity index (χ2v) is 5.39. The minimum absolute atomic E-state index is 0.398. The molecule has 0 amide bonds. The third kappa shape index (κ3) is 3.73. The van der Waals surface area contributed by atoms with Gasteiger partial charge in [-0.2, -0.15) is 18.3 Å². The standard InChI is InChI=1S/C17H15F3N4/c1-24-11-14(9-23-24)13-4-2-3-12(7-13)8-21-16-6-5-15(10-22-16)17(18,19)20/h2-7,9-11H,8H2,1H3,(H,21,22). The number of pyridine rings is 1. The number of rotatable bonds is 4. The summed E-state index contributed by atoms with van der Waals surface area (Å²) in [6.45, 7) is 0.465. The molecule has 0 fully saturated rings. The van der Waals surface area contributed by atoms with E-state index in [0.29, 0.717) is 12.4 Å². The van der Waals surface area contributed by atoms with Gasteiger partial charge in [-0.3, -0.25) is 4.68 Å². The third-order valence-corrected chi connectivity index (χ3v) is 3.53. The lowest BCUT2D eigenvalue weighted by molar-refractivity contribution is -0.137. The summed E-state index contributed by atoms with van der Waals surface area (Å²) in [5.74, 6) is 0.398. The molecule has 0 aliphatic rings. The topological polar surface area (TPSA) is 42.7 Å². The van der Waals surface area contributed by atoms with Gasteiger partial charge in [-0.25, -0.2) is 4.98 Å². The van der Waals surface area contributed by atoms with Crippen LogP contribution in [0.15, 0.2) is 55.0 Å². The maximum Gasteiger partial charge on any atom is 0.417 e. The van der Waals surface area contributed by atoms with Crippen molar-refractivity contribution in [2.45, 2.75) is 12.7 Å². The Morgan fingerprint density at radius 2 is 1.92 bits per heavy atom. The van der Waals surface area contributed by atoms with Gasteiger partial charge in [0.15, 0.2) is 0 Å². The van der Waals surface area contributed by atoms with Crippen molar-refractivity contribution in [1.29, 1.82) is 0 Å². The van der Waals surface area contributed by atoms with Crippen LogP contribution in [-0.4, -0.2) is 14.8 Å². The van der Waals surface area contributed by atoms with E-state index in [1.54, 1.807) is 10.9 Å². The summed E-state index contributed by atoms with van der Waals surface area (Å²) < 4.78 is 39.3. The average molecular weight is 332 g/mol. The molecule has 2 aromatic heterocycles. The predicted molar refractivity (Wildman–Crippen MR) is 85.2 cm³/mol. The van der Waals surface area contributed by atoms with Crippen molar-refractivity contribution in [2.75, 3.05) is 5.32 Å². The van der Waals surface area contributed by atoms with Crippen LogP contribution >= 0.6 is 0 Å². The summed E-state index contributed by atoms with van der Waals surface area (Å²) in [5.41, 5.74) is 2.28. The molecule has 0 radical (unpaired) electrons. The van der Waals surface area contributed by atoms with Gasteiger partial charge in [-0.15, -0.1) is 0 Å². The lowest BCUT2D eigenvalue weighted by Gasteiger charge is -2.09. The van der Waals surface area contributed by atoms with Gasteiger partial charge in [0, 0.05) is 31.5 Å². The van der Waals surface area contributed by atoms with Crippen molar-refractivity contribution in [2.24, 2.45) is 7.05 Å². The fourth-order valence-corrected chi connectivity index (χ4v) is 2.29. The first-order valence-electron chi connectivity index (χ1n) is 7.27. The molecule has 3 rings (SSSR count). The van der Waals surface area contributed by atoms with Gasteiger partial charge >= 0.3 is 6.18 Å².